The zero-order chi connectivity index (χ0) is 26.1. The van der Waals surface area contributed by atoms with E-state index in [0.29, 0.717) is 28.0 Å². The van der Waals surface area contributed by atoms with E-state index >= 15 is 0 Å². The van der Waals surface area contributed by atoms with Crippen molar-refractivity contribution in [2.24, 2.45) is 0 Å². The van der Waals surface area contributed by atoms with Crippen LogP contribution < -0.4 is 4.74 Å². The van der Waals surface area contributed by atoms with Crippen molar-refractivity contribution in [1.29, 1.82) is 0 Å². The highest BCUT2D eigenvalue weighted by molar-refractivity contribution is 6.08. The van der Waals surface area contributed by atoms with Crippen LogP contribution in [0.25, 0.3) is 17.7 Å². The molecular weight excluding hydrogens is 472 g/mol. The van der Waals surface area contributed by atoms with E-state index in [1.807, 2.05) is 6.08 Å². The zero-order valence-electron chi connectivity index (χ0n) is 19.4. The van der Waals surface area contributed by atoms with Gasteiger partial charge in [-0.05, 0) is 71.8 Å². The van der Waals surface area contributed by atoms with E-state index in [-0.39, 0.29) is 34.3 Å². The SMILES string of the molecule is O=C(C=Cc1ccc(O)c(C2=Cc3ccc(O)cc3O[C@H]2c2ccc(O)cc2)c1)c1ccc(O)cc1O. The second-order valence-electron chi connectivity index (χ2n) is 8.59. The van der Waals surface area contributed by atoms with Crippen molar-refractivity contribution in [3.05, 3.63) is 113 Å². The van der Waals surface area contributed by atoms with Gasteiger partial charge in [-0.3, -0.25) is 4.79 Å². The largest absolute Gasteiger partial charge is 0.508 e. The lowest BCUT2D eigenvalue weighted by Crippen LogP contribution is -2.14. The standard InChI is InChI=1S/C30H22O7/c31-20-6-3-18(4-7-20)30-25(14-19-5-8-22(33)16-29(19)37-30)24-13-17(2-12-27(24)35)1-11-26(34)23-10-9-21(32)15-28(23)36/h1-16,30-33,35-36H/t30-/m0/s1. The Morgan fingerprint density at radius 1 is 0.730 bits per heavy atom. The fourth-order valence-electron chi connectivity index (χ4n) is 4.17. The minimum atomic E-state index is -0.657. The van der Waals surface area contributed by atoms with E-state index in [1.54, 1.807) is 42.5 Å². The first-order chi connectivity index (χ1) is 17.8. The molecule has 1 heterocycles. The van der Waals surface area contributed by atoms with Crippen LogP contribution in [0.1, 0.15) is 38.7 Å². The number of fused-ring (bicyclic) bond motifs is 1. The molecule has 0 bridgehead atoms. The summed E-state index contributed by atoms with van der Waals surface area (Å²) in [5.41, 5.74) is 3.19. The number of allylic oxidation sites excluding steroid dienone is 1. The first kappa shape index (κ1) is 23.6. The van der Waals surface area contributed by atoms with E-state index in [4.69, 9.17) is 4.74 Å². The Balaban J connectivity index is 1.54. The van der Waals surface area contributed by atoms with Gasteiger partial charge in [0.1, 0.15) is 40.6 Å². The lowest BCUT2D eigenvalue weighted by molar-refractivity contribution is 0.104. The average molecular weight is 494 g/mol. The van der Waals surface area contributed by atoms with E-state index in [9.17, 15) is 30.3 Å². The molecule has 7 nitrogen and oxygen atoms in total. The smallest absolute Gasteiger partial charge is 0.189 e. The van der Waals surface area contributed by atoms with Gasteiger partial charge in [0.05, 0.1) is 5.56 Å². The molecule has 5 N–H and O–H groups in total. The summed E-state index contributed by atoms with van der Waals surface area (Å²) < 4.78 is 6.24. The Kier molecular flexibility index (Phi) is 6.03. The number of ketones is 1. The number of carbonyl (C=O) groups excluding carboxylic acids is 1. The summed E-state index contributed by atoms with van der Waals surface area (Å²) in [4.78, 5) is 12.6. The van der Waals surface area contributed by atoms with Gasteiger partial charge in [-0.15, -0.1) is 0 Å². The highest BCUT2D eigenvalue weighted by Crippen LogP contribution is 2.45. The summed E-state index contributed by atoms with van der Waals surface area (Å²) >= 11 is 0. The van der Waals surface area contributed by atoms with Crippen molar-refractivity contribution in [2.45, 2.75) is 6.10 Å². The first-order valence-electron chi connectivity index (χ1n) is 11.4. The van der Waals surface area contributed by atoms with Crippen LogP contribution in [0.3, 0.4) is 0 Å². The van der Waals surface area contributed by atoms with E-state index < -0.39 is 11.9 Å². The Labute approximate surface area is 212 Å². The van der Waals surface area contributed by atoms with Crippen LogP contribution in [0.15, 0.2) is 84.9 Å². The Morgan fingerprint density at radius 3 is 2.19 bits per heavy atom. The van der Waals surface area contributed by atoms with Gasteiger partial charge in [0.25, 0.3) is 0 Å². The Bertz CT molecular complexity index is 1570. The van der Waals surface area contributed by atoms with Crippen molar-refractivity contribution < 1.29 is 35.1 Å². The van der Waals surface area contributed by atoms with Crippen LogP contribution in [0.5, 0.6) is 34.5 Å². The number of ether oxygens (including phenoxy) is 1. The molecule has 184 valence electrons. The summed E-state index contributed by atoms with van der Waals surface area (Å²) in [5.74, 6) is -0.307. The Hall–Kier alpha value is -5.17. The third-order valence-electron chi connectivity index (χ3n) is 6.04. The van der Waals surface area contributed by atoms with Gasteiger partial charge in [-0.2, -0.15) is 0 Å². The van der Waals surface area contributed by atoms with Gasteiger partial charge in [0.15, 0.2) is 5.78 Å². The molecule has 1 atom stereocenters. The molecule has 0 fully saturated rings. The molecule has 1 aliphatic heterocycles. The van der Waals surface area contributed by atoms with Crippen molar-refractivity contribution >= 4 is 23.5 Å². The normalized spacial score (nSPS) is 14.6. The minimum Gasteiger partial charge on any atom is -0.508 e. The van der Waals surface area contributed by atoms with Crippen LogP contribution in [0.2, 0.25) is 0 Å². The molecule has 37 heavy (non-hydrogen) atoms. The number of hydrogen-bond acceptors (Lipinski definition) is 7. The summed E-state index contributed by atoms with van der Waals surface area (Å²) in [5, 5.41) is 49.9. The summed E-state index contributed by atoms with van der Waals surface area (Å²) in [7, 11) is 0. The van der Waals surface area contributed by atoms with Gasteiger partial charge < -0.3 is 30.3 Å². The second-order valence-corrected chi connectivity index (χ2v) is 8.59. The third-order valence-corrected chi connectivity index (χ3v) is 6.04. The fraction of sp³-hybridized carbons (Fsp3) is 0.0333. The van der Waals surface area contributed by atoms with Crippen LogP contribution in [-0.2, 0) is 0 Å². The molecule has 0 aromatic heterocycles. The number of phenols is 5. The number of benzene rings is 4. The maximum atomic E-state index is 12.6. The molecule has 0 amide bonds. The summed E-state index contributed by atoms with van der Waals surface area (Å²) in [6.45, 7) is 0. The molecular formula is C30H22O7. The van der Waals surface area contributed by atoms with Crippen molar-refractivity contribution in [3.63, 3.8) is 0 Å². The Morgan fingerprint density at radius 2 is 1.43 bits per heavy atom. The maximum Gasteiger partial charge on any atom is 0.189 e. The highest BCUT2D eigenvalue weighted by atomic mass is 16.5. The molecule has 7 heteroatoms. The fourth-order valence-corrected chi connectivity index (χ4v) is 4.17. The molecule has 0 aliphatic carbocycles. The molecule has 0 saturated heterocycles. The van der Waals surface area contributed by atoms with E-state index in [1.165, 1.54) is 42.5 Å². The van der Waals surface area contributed by atoms with Gasteiger partial charge in [-0.25, -0.2) is 0 Å². The number of hydrogen-bond donors (Lipinski definition) is 5. The maximum absolute atomic E-state index is 12.6. The molecule has 0 unspecified atom stereocenters. The lowest BCUT2D eigenvalue weighted by Gasteiger charge is -2.28. The molecule has 0 saturated carbocycles. The average Bonchev–Trinajstić information content (AvgIpc) is 2.88. The molecule has 0 radical (unpaired) electrons. The molecule has 4 aromatic rings. The van der Waals surface area contributed by atoms with Crippen molar-refractivity contribution in [1.82, 2.24) is 0 Å². The van der Waals surface area contributed by atoms with Crippen LogP contribution in [0, 0.1) is 0 Å². The van der Waals surface area contributed by atoms with Gasteiger partial charge in [0.2, 0.25) is 0 Å². The first-order valence-corrected chi connectivity index (χ1v) is 11.4. The number of aromatic hydroxyl groups is 5. The van der Waals surface area contributed by atoms with Gasteiger partial charge in [0, 0.05) is 28.8 Å². The number of carbonyl (C=O) groups is 1. The van der Waals surface area contributed by atoms with Gasteiger partial charge >= 0.3 is 0 Å². The molecule has 0 spiro atoms. The van der Waals surface area contributed by atoms with Gasteiger partial charge in [-0.1, -0.05) is 24.3 Å². The molecule has 5 rings (SSSR count). The number of phenolic OH excluding ortho intramolecular Hbond substituents is 5. The van der Waals surface area contributed by atoms with Crippen molar-refractivity contribution in [2.75, 3.05) is 0 Å². The van der Waals surface area contributed by atoms with Crippen molar-refractivity contribution in [3.8, 4) is 34.5 Å². The lowest BCUT2D eigenvalue weighted by atomic mass is 9.89. The quantitative estimate of drug-likeness (QED) is 0.176. The third kappa shape index (κ3) is 4.83. The highest BCUT2D eigenvalue weighted by Gasteiger charge is 2.28. The van der Waals surface area contributed by atoms with Crippen LogP contribution >= 0.6 is 0 Å². The van der Waals surface area contributed by atoms with E-state index in [0.717, 1.165) is 11.6 Å². The zero-order valence-corrected chi connectivity index (χ0v) is 19.4. The molecule has 1 aliphatic rings. The second kappa shape index (κ2) is 9.47. The number of rotatable bonds is 5. The monoisotopic (exact) mass is 494 g/mol. The predicted octanol–water partition coefficient (Wildman–Crippen LogP) is 5.79. The predicted molar refractivity (Wildman–Crippen MR) is 139 cm³/mol. The topological polar surface area (TPSA) is 127 Å². The summed E-state index contributed by atoms with van der Waals surface area (Å²) in [6, 6.07) is 19.9. The summed E-state index contributed by atoms with van der Waals surface area (Å²) in [6.07, 6.45) is 4.06. The minimum absolute atomic E-state index is 0.000474. The van der Waals surface area contributed by atoms with Crippen LogP contribution in [-0.4, -0.2) is 31.3 Å². The van der Waals surface area contributed by atoms with E-state index in [2.05, 4.69) is 0 Å². The molecule has 4 aromatic carbocycles. The van der Waals surface area contributed by atoms with Crippen LogP contribution in [0.4, 0.5) is 0 Å².